The van der Waals surface area contributed by atoms with Gasteiger partial charge in [0.2, 0.25) is 5.78 Å². The van der Waals surface area contributed by atoms with Gasteiger partial charge in [0.25, 0.3) is 0 Å². The van der Waals surface area contributed by atoms with E-state index >= 15 is 0 Å². The molecule has 0 spiro atoms. The van der Waals surface area contributed by atoms with E-state index in [1.807, 2.05) is 42.5 Å². The molecule has 2 aromatic rings. The fourth-order valence-corrected chi connectivity index (χ4v) is 4.25. The molecule has 154 valence electrons. The van der Waals surface area contributed by atoms with Crippen molar-refractivity contribution < 1.29 is 14.4 Å². The van der Waals surface area contributed by atoms with E-state index in [0.717, 1.165) is 11.2 Å². The number of carbonyl (C=O) groups excluding carboxylic acids is 2. The standard InChI is InChI=1S/C22H25NO2S.C2H4O/c1-25-23-21(16-17-8-4-2-5-9-17)22(24)18-12-14-20(15-13-18)26-19-10-6-3-7-11-19;1-2-3/h3,6-7,10-15,17H,2,4-5,8-9,16H2,1H3;2H,1H3/b23-21-;. The summed E-state index contributed by atoms with van der Waals surface area (Å²) in [7, 11) is 1.51. The van der Waals surface area contributed by atoms with Crippen LogP contribution >= 0.6 is 11.8 Å². The predicted octanol–water partition coefficient (Wildman–Crippen LogP) is 6.20. The second-order valence-electron chi connectivity index (χ2n) is 6.93. The van der Waals surface area contributed by atoms with Crippen molar-refractivity contribution >= 4 is 29.5 Å². The zero-order valence-corrected chi connectivity index (χ0v) is 18.0. The largest absolute Gasteiger partial charge is 0.399 e. The molecule has 1 aliphatic carbocycles. The highest BCUT2D eigenvalue weighted by atomic mass is 32.2. The second-order valence-corrected chi connectivity index (χ2v) is 8.08. The van der Waals surface area contributed by atoms with Gasteiger partial charge in [-0.25, -0.2) is 0 Å². The molecule has 0 unspecified atom stereocenters. The molecule has 0 N–H and O–H groups in total. The summed E-state index contributed by atoms with van der Waals surface area (Å²) in [5.74, 6) is 0.531. The molecule has 4 nitrogen and oxygen atoms in total. The molecular weight excluding hydrogens is 382 g/mol. The Morgan fingerprint density at radius 3 is 2.21 bits per heavy atom. The van der Waals surface area contributed by atoms with E-state index in [9.17, 15) is 4.79 Å². The molecule has 0 aromatic heterocycles. The highest BCUT2D eigenvalue weighted by Crippen LogP contribution is 2.29. The molecular formula is C24H29NO3S. The Balaban J connectivity index is 0.000000941. The summed E-state index contributed by atoms with van der Waals surface area (Å²) < 4.78 is 0. The fraction of sp³-hybridized carbons (Fsp3) is 0.375. The quantitative estimate of drug-likeness (QED) is 0.236. The van der Waals surface area contributed by atoms with Crippen molar-refractivity contribution in [3.63, 3.8) is 0 Å². The van der Waals surface area contributed by atoms with Gasteiger partial charge in [-0.05, 0) is 55.7 Å². The van der Waals surface area contributed by atoms with E-state index in [1.54, 1.807) is 11.8 Å². The van der Waals surface area contributed by atoms with Crippen LogP contribution in [-0.2, 0) is 9.63 Å². The van der Waals surface area contributed by atoms with Crippen molar-refractivity contribution in [3.8, 4) is 0 Å². The van der Waals surface area contributed by atoms with Crippen LogP contribution in [0.2, 0.25) is 0 Å². The van der Waals surface area contributed by atoms with Gasteiger partial charge in [0.1, 0.15) is 19.1 Å². The first-order valence-corrected chi connectivity index (χ1v) is 10.9. The minimum Gasteiger partial charge on any atom is -0.399 e. The maximum absolute atomic E-state index is 12.9. The number of benzene rings is 2. The highest BCUT2D eigenvalue weighted by Gasteiger charge is 2.22. The SMILES string of the molecule is CC=O.CO/N=C(/CC1CCCCC1)C(=O)c1ccc(Sc2ccccc2)cc1. The van der Waals surface area contributed by atoms with E-state index < -0.39 is 0 Å². The number of oxime groups is 1. The lowest BCUT2D eigenvalue weighted by Crippen LogP contribution is -2.20. The number of hydrogen-bond donors (Lipinski definition) is 0. The van der Waals surface area contributed by atoms with Gasteiger partial charge in [-0.1, -0.05) is 67.2 Å². The van der Waals surface area contributed by atoms with Crippen molar-refractivity contribution in [2.24, 2.45) is 11.1 Å². The van der Waals surface area contributed by atoms with E-state index in [0.29, 0.717) is 23.6 Å². The van der Waals surface area contributed by atoms with Crippen molar-refractivity contribution in [1.29, 1.82) is 0 Å². The summed E-state index contributed by atoms with van der Waals surface area (Å²) in [6.07, 6.45) is 7.65. The Hall–Kier alpha value is -2.40. The van der Waals surface area contributed by atoms with E-state index in [4.69, 9.17) is 9.63 Å². The Labute approximate surface area is 177 Å². The van der Waals surface area contributed by atoms with E-state index in [1.165, 1.54) is 51.0 Å². The molecule has 0 bridgehead atoms. The van der Waals surface area contributed by atoms with Crippen LogP contribution in [0.1, 0.15) is 55.8 Å². The maximum Gasteiger partial charge on any atom is 0.210 e. The fourth-order valence-electron chi connectivity index (χ4n) is 3.41. The topological polar surface area (TPSA) is 55.7 Å². The predicted molar refractivity (Wildman–Crippen MR) is 119 cm³/mol. The van der Waals surface area contributed by atoms with Gasteiger partial charge in [0.05, 0.1) is 0 Å². The normalized spacial score (nSPS) is 14.5. The van der Waals surface area contributed by atoms with Crippen molar-refractivity contribution in [2.75, 3.05) is 7.11 Å². The third kappa shape index (κ3) is 7.86. The molecule has 29 heavy (non-hydrogen) atoms. The number of ketones is 1. The molecule has 0 amide bonds. The molecule has 0 atom stereocenters. The third-order valence-electron chi connectivity index (χ3n) is 4.77. The average Bonchev–Trinajstić information content (AvgIpc) is 2.76. The van der Waals surface area contributed by atoms with Gasteiger partial charge in [-0.2, -0.15) is 0 Å². The summed E-state index contributed by atoms with van der Waals surface area (Å²) in [6, 6.07) is 18.0. The minimum absolute atomic E-state index is 0.0197. The summed E-state index contributed by atoms with van der Waals surface area (Å²) >= 11 is 1.69. The molecule has 0 aliphatic heterocycles. The van der Waals surface area contributed by atoms with Gasteiger partial charge < -0.3 is 9.63 Å². The number of Topliss-reactive ketones (excluding diaryl/α,β-unsaturated/α-hetero) is 1. The number of nitrogens with zero attached hydrogens (tertiary/aromatic N) is 1. The molecule has 0 radical (unpaired) electrons. The van der Waals surface area contributed by atoms with Gasteiger partial charge in [-0.3, -0.25) is 4.79 Å². The summed E-state index contributed by atoms with van der Waals surface area (Å²) in [5.41, 5.74) is 1.22. The van der Waals surface area contributed by atoms with Gasteiger partial charge >= 0.3 is 0 Å². The van der Waals surface area contributed by atoms with Crippen LogP contribution < -0.4 is 0 Å². The average molecular weight is 412 g/mol. The van der Waals surface area contributed by atoms with E-state index in [-0.39, 0.29) is 5.78 Å². The molecule has 1 saturated carbocycles. The van der Waals surface area contributed by atoms with Crippen LogP contribution in [0.3, 0.4) is 0 Å². The number of aldehydes is 1. The number of hydrogen-bond acceptors (Lipinski definition) is 5. The Bertz CT molecular complexity index is 782. The zero-order chi connectivity index (χ0) is 20.9. The molecule has 1 aliphatic rings. The first-order valence-electron chi connectivity index (χ1n) is 10.1. The van der Waals surface area contributed by atoms with Crippen LogP contribution in [0.15, 0.2) is 69.5 Å². The van der Waals surface area contributed by atoms with Crippen molar-refractivity contribution in [3.05, 3.63) is 60.2 Å². The number of rotatable bonds is 7. The molecule has 5 heteroatoms. The Kier molecular flexibility index (Phi) is 10.2. The molecule has 1 fully saturated rings. The van der Waals surface area contributed by atoms with Gasteiger partial charge in [0.15, 0.2) is 0 Å². The number of carbonyl (C=O) groups is 2. The molecule has 3 rings (SSSR count). The zero-order valence-electron chi connectivity index (χ0n) is 17.2. The Morgan fingerprint density at radius 1 is 1.03 bits per heavy atom. The second kappa shape index (κ2) is 12.9. The molecule has 0 heterocycles. The smallest absolute Gasteiger partial charge is 0.210 e. The monoisotopic (exact) mass is 411 g/mol. The molecule has 2 aromatic carbocycles. The molecule has 0 saturated heterocycles. The highest BCUT2D eigenvalue weighted by molar-refractivity contribution is 7.99. The van der Waals surface area contributed by atoms with Crippen LogP contribution in [0, 0.1) is 5.92 Å². The van der Waals surface area contributed by atoms with Crippen LogP contribution in [-0.4, -0.2) is 24.9 Å². The Morgan fingerprint density at radius 2 is 1.62 bits per heavy atom. The van der Waals surface area contributed by atoms with Crippen LogP contribution in [0.25, 0.3) is 0 Å². The van der Waals surface area contributed by atoms with Crippen molar-refractivity contribution in [2.45, 2.75) is 55.2 Å². The lowest BCUT2D eigenvalue weighted by molar-refractivity contribution is -0.106. The van der Waals surface area contributed by atoms with Crippen LogP contribution in [0.5, 0.6) is 0 Å². The summed E-state index contributed by atoms with van der Waals surface area (Å²) in [5, 5.41) is 4.05. The van der Waals surface area contributed by atoms with Gasteiger partial charge in [-0.15, -0.1) is 0 Å². The van der Waals surface area contributed by atoms with Crippen LogP contribution in [0.4, 0.5) is 0 Å². The summed E-state index contributed by atoms with van der Waals surface area (Å²) in [4.78, 5) is 28.9. The first kappa shape index (κ1) is 22.9. The summed E-state index contributed by atoms with van der Waals surface area (Å²) in [6.45, 7) is 1.44. The van der Waals surface area contributed by atoms with E-state index in [2.05, 4.69) is 17.3 Å². The maximum atomic E-state index is 12.9. The third-order valence-corrected chi connectivity index (χ3v) is 5.78. The van der Waals surface area contributed by atoms with Crippen molar-refractivity contribution in [1.82, 2.24) is 0 Å². The first-order chi connectivity index (χ1) is 14.2. The van der Waals surface area contributed by atoms with Gasteiger partial charge in [0, 0.05) is 15.4 Å². The minimum atomic E-state index is -0.0197. The lowest BCUT2D eigenvalue weighted by atomic mass is 9.84. The lowest BCUT2D eigenvalue weighted by Gasteiger charge is -2.21.